The molecule has 3 aromatic carbocycles. The Labute approximate surface area is 182 Å². The summed E-state index contributed by atoms with van der Waals surface area (Å²) >= 11 is 0. The van der Waals surface area contributed by atoms with Crippen LogP contribution in [-0.4, -0.2) is 18.2 Å². The first-order valence-corrected chi connectivity index (χ1v) is 9.89. The van der Waals surface area contributed by atoms with Crippen LogP contribution < -0.4 is 5.32 Å². The van der Waals surface area contributed by atoms with Gasteiger partial charge in [0, 0.05) is 29.4 Å². The number of nitrogens with zero attached hydrogens (tertiary/aromatic N) is 1. The average molecular weight is 438 g/mol. The van der Waals surface area contributed by atoms with Gasteiger partial charge in [-0.25, -0.2) is 4.39 Å². The topological polar surface area (TPSA) is 41.5 Å². The Morgan fingerprint density at radius 2 is 1.78 bits per heavy atom. The molecule has 1 heterocycles. The number of benzene rings is 3. The number of amides is 1. The second kappa shape index (κ2) is 8.78. The highest BCUT2D eigenvalue weighted by atomic mass is 19.4. The highest BCUT2D eigenvalue weighted by Gasteiger charge is 2.30. The normalized spacial score (nSPS) is 13.6. The Morgan fingerprint density at radius 1 is 1.00 bits per heavy atom. The second-order valence-electron chi connectivity index (χ2n) is 7.30. The van der Waals surface area contributed by atoms with Gasteiger partial charge in [0.15, 0.2) is 0 Å². The molecular formula is C25H18F4N2O. The molecule has 3 nitrogen and oxygen atoms in total. The molecule has 0 aliphatic carbocycles. The first kappa shape index (κ1) is 21.5. The maximum Gasteiger partial charge on any atom is 0.416 e. The Bertz CT molecular complexity index is 1210. The number of carbonyl (C=O) groups excluding carboxylic acids is 1. The van der Waals surface area contributed by atoms with Crippen LogP contribution in [0.5, 0.6) is 0 Å². The first-order valence-electron chi connectivity index (χ1n) is 9.89. The van der Waals surface area contributed by atoms with E-state index in [9.17, 15) is 22.4 Å². The molecule has 7 heteroatoms. The lowest BCUT2D eigenvalue weighted by atomic mass is 9.93. The monoisotopic (exact) mass is 438 g/mol. The number of aliphatic imine (C=N–C) groups is 1. The van der Waals surface area contributed by atoms with Gasteiger partial charge in [0.05, 0.1) is 11.3 Å². The van der Waals surface area contributed by atoms with E-state index >= 15 is 0 Å². The van der Waals surface area contributed by atoms with Crippen molar-refractivity contribution in [3.05, 3.63) is 106 Å². The van der Waals surface area contributed by atoms with E-state index in [0.29, 0.717) is 17.9 Å². The molecule has 0 radical (unpaired) electrons. The zero-order valence-electron chi connectivity index (χ0n) is 16.8. The summed E-state index contributed by atoms with van der Waals surface area (Å²) in [6, 6.07) is 16.4. The molecule has 3 aromatic rings. The molecule has 32 heavy (non-hydrogen) atoms. The number of rotatable bonds is 4. The summed E-state index contributed by atoms with van der Waals surface area (Å²) < 4.78 is 52.1. The van der Waals surface area contributed by atoms with Crippen molar-refractivity contribution in [2.24, 2.45) is 4.99 Å². The summed E-state index contributed by atoms with van der Waals surface area (Å²) in [5.74, 6) is -0.799. The third-order valence-corrected chi connectivity index (χ3v) is 5.05. The maximum absolute atomic E-state index is 13.7. The Balaban J connectivity index is 1.45. The molecule has 0 atom stereocenters. The number of carbonyl (C=O) groups is 1. The standard InChI is InChI=1S/C25H18F4N2O/c26-20-8-5-17-12-13-30-24(22(17)15-20)18-6-9-21(10-7-18)31-23(32)11-4-16-2-1-3-19(14-16)25(27,28)29/h1-11,14-15H,12-13H2,(H,31,32). The molecule has 0 bridgehead atoms. The second-order valence-corrected chi connectivity index (χ2v) is 7.30. The average Bonchev–Trinajstić information content (AvgIpc) is 2.77. The highest BCUT2D eigenvalue weighted by molar-refractivity contribution is 6.14. The summed E-state index contributed by atoms with van der Waals surface area (Å²) in [6.45, 7) is 0.618. The van der Waals surface area contributed by atoms with E-state index in [1.807, 2.05) is 0 Å². The van der Waals surface area contributed by atoms with E-state index < -0.39 is 17.6 Å². The summed E-state index contributed by atoms with van der Waals surface area (Å²) in [6.07, 6.45) is -1.19. The van der Waals surface area contributed by atoms with Crippen molar-refractivity contribution >= 4 is 23.4 Å². The molecule has 1 N–H and O–H groups in total. The van der Waals surface area contributed by atoms with Gasteiger partial charge in [-0.05, 0) is 60.0 Å². The minimum Gasteiger partial charge on any atom is -0.323 e. The van der Waals surface area contributed by atoms with E-state index in [-0.39, 0.29) is 11.4 Å². The van der Waals surface area contributed by atoms with Gasteiger partial charge in [0.2, 0.25) is 5.91 Å². The predicted octanol–water partition coefficient (Wildman–Crippen LogP) is 5.89. The molecule has 4 rings (SSSR count). The Hall–Kier alpha value is -3.74. The molecular weight excluding hydrogens is 420 g/mol. The van der Waals surface area contributed by atoms with E-state index in [4.69, 9.17) is 0 Å². The molecule has 1 aliphatic heterocycles. The minimum absolute atomic E-state index is 0.270. The number of hydrogen-bond acceptors (Lipinski definition) is 2. The van der Waals surface area contributed by atoms with Crippen LogP contribution in [0.2, 0.25) is 0 Å². The first-order chi connectivity index (χ1) is 15.3. The number of anilines is 1. The number of alkyl halides is 3. The molecule has 162 valence electrons. The van der Waals surface area contributed by atoms with Crippen molar-refractivity contribution in [2.75, 3.05) is 11.9 Å². The van der Waals surface area contributed by atoms with E-state index in [1.54, 1.807) is 30.3 Å². The molecule has 0 aromatic heterocycles. The fourth-order valence-corrected chi connectivity index (χ4v) is 3.49. The third kappa shape index (κ3) is 4.94. The van der Waals surface area contributed by atoms with Gasteiger partial charge in [-0.15, -0.1) is 0 Å². The molecule has 0 fully saturated rings. The lowest BCUT2D eigenvalue weighted by molar-refractivity contribution is -0.137. The summed E-state index contributed by atoms with van der Waals surface area (Å²) in [5, 5.41) is 2.67. The third-order valence-electron chi connectivity index (χ3n) is 5.05. The maximum atomic E-state index is 13.7. The van der Waals surface area contributed by atoms with Crippen molar-refractivity contribution in [2.45, 2.75) is 12.6 Å². The molecule has 0 saturated heterocycles. The molecule has 0 spiro atoms. The SMILES string of the molecule is O=C(C=Cc1cccc(C(F)(F)F)c1)Nc1ccc(C2=NCCc3ccc(F)cc32)cc1. The van der Waals surface area contributed by atoms with E-state index in [0.717, 1.165) is 35.2 Å². The van der Waals surface area contributed by atoms with E-state index in [1.165, 1.54) is 36.4 Å². The lowest BCUT2D eigenvalue weighted by Gasteiger charge is -2.17. The molecule has 0 saturated carbocycles. The van der Waals surface area contributed by atoms with Crippen molar-refractivity contribution in [1.29, 1.82) is 0 Å². The van der Waals surface area contributed by atoms with Gasteiger partial charge in [0.1, 0.15) is 5.82 Å². The molecule has 1 amide bonds. The van der Waals surface area contributed by atoms with Gasteiger partial charge < -0.3 is 5.32 Å². The van der Waals surface area contributed by atoms with Crippen LogP contribution >= 0.6 is 0 Å². The quantitative estimate of drug-likeness (QED) is 0.401. The molecule has 1 aliphatic rings. The number of halogens is 4. The minimum atomic E-state index is -4.44. The smallest absolute Gasteiger partial charge is 0.323 e. The van der Waals surface area contributed by atoms with Gasteiger partial charge in [-0.3, -0.25) is 9.79 Å². The Morgan fingerprint density at radius 3 is 2.53 bits per heavy atom. The van der Waals surface area contributed by atoms with Crippen molar-refractivity contribution in [3.8, 4) is 0 Å². The number of fused-ring (bicyclic) bond motifs is 1. The molecule has 0 unspecified atom stereocenters. The van der Waals surface area contributed by atoms with Crippen LogP contribution in [0.4, 0.5) is 23.2 Å². The van der Waals surface area contributed by atoms with Crippen LogP contribution in [0.15, 0.2) is 77.8 Å². The summed E-state index contributed by atoms with van der Waals surface area (Å²) in [5.41, 5.74) is 3.31. The van der Waals surface area contributed by atoms with Crippen molar-refractivity contribution in [1.82, 2.24) is 0 Å². The van der Waals surface area contributed by atoms with Crippen LogP contribution in [0.3, 0.4) is 0 Å². The highest BCUT2D eigenvalue weighted by Crippen LogP contribution is 2.29. The lowest BCUT2D eigenvalue weighted by Crippen LogP contribution is -2.14. The van der Waals surface area contributed by atoms with Gasteiger partial charge >= 0.3 is 6.18 Å². The zero-order chi connectivity index (χ0) is 22.7. The zero-order valence-corrected chi connectivity index (χ0v) is 16.8. The fraction of sp³-hybridized carbons (Fsp3) is 0.120. The summed E-state index contributed by atoms with van der Waals surface area (Å²) in [7, 11) is 0. The van der Waals surface area contributed by atoms with Crippen LogP contribution in [0.1, 0.15) is 27.8 Å². The van der Waals surface area contributed by atoms with Crippen LogP contribution in [0, 0.1) is 5.82 Å². The van der Waals surface area contributed by atoms with Gasteiger partial charge in [0.25, 0.3) is 0 Å². The number of nitrogens with one attached hydrogen (secondary N) is 1. The number of hydrogen-bond donors (Lipinski definition) is 1. The largest absolute Gasteiger partial charge is 0.416 e. The van der Waals surface area contributed by atoms with Crippen molar-refractivity contribution in [3.63, 3.8) is 0 Å². The van der Waals surface area contributed by atoms with Gasteiger partial charge in [-0.1, -0.05) is 30.3 Å². The Kier molecular flexibility index (Phi) is 5.90. The van der Waals surface area contributed by atoms with Gasteiger partial charge in [-0.2, -0.15) is 13.2 Å². The summed E-state index contributed by atoms with van der Waals surface area (Å²) in [4.78, 5) is 16.7. The van der Waals surface area contributed by atoms with E-state index in [2.05, 4.69) is 10.3 Å². The fourth-order valence-electron chi connectivity index (χ4n) is 3.49. The predicted molar refractivity (Wildman–Crippen MR) is 116 cm³/mol. The van der Waals surface area contributed by atoms with Crippen LogP contribution in [-0.2, 0) is 17.4 Å². The van der Waals surface area contributed by atoms with Crippen LogP contribution in [0.25, 0.3) is 6.08 Å². The van der Waals surface area contributed by atoms with Crippen molar-refractivity contribution < 1.29 is 22.4 Å².